The molecule has 0 aliphatic heterocycles. The van der Waals surface area contributed by atoms with Gasteiger partial charge in [-0.2, -0.15) is 13.2 Å². The number of carbonyl (C=O) groups excluding carboxylic acids is 1. The van der Waals surface area contributed by atoms with Crippen molar-refractivity contribution in [1.82, 2.24) is 10.2 Å². The number of halogens is 3. The van der Waals surface area contributed by atoms with E-state index in [4.69, 9.17) is 0 Å². The number of nitrogens with zero attached hydrogens (tertiary/aromatic N) is 1. The number of hydrogen-bond acceptors (Lipinski definition) is 3. The first-order valence-electron chi connectivity index (χ1n) is 6.43. The van der Waals surface area contributed by atoms with Crippen LogP contribution in [0.2, 0.25) is 0 Å². The molecular weight excluding hydrogens is 269 g/mol. The fourth-order valence-corrected chi connectivity index (χ4v) is 1.89. The molecule has 6 heteroatoms. The predicted octanol–water partition coefficient (Wildman–Crippen LogP) is 2.56. The van der Waals surface area contributed by atoms with Crippen molar-refractivity contribution in [2.45, 2.75) is 19.6 Å². The summed E-state index contributed by atoms with van der Waals surface area (Å²) in [6.07, 6.45) is -4.02. The lowest BCUT2D eigenvalue weighted by Crippen LogP contribution is -2.29. The smallest absolute Gasteiger partial charge is 0.316 e. The first kappa shape index (κ1) is 16.7. The topological polar surface area (TPSA) is 32.3 Å². The summed E-state index contributed by atoms with van der Waals surface area (Å²) in [6.45, 7) is 4.37. The molecule has 0 heterocycles. The molecule has 0 aliphatic rings. The highest BCUT2D eigenvalue weighted by atomic mass is 19.4. The number of nitrogens with one attached hydrogen (secondary N) is 1. The molecule has 1 aromatic rings. The Morgan fingerprint density at radius 3 is 2.60 bits per heavy atom. The van der Waals surface area contributed by atoms with Crippen LogP contribution in [0, 0.1) is 0 Å². The quantitative estimate of drug-likeness (QED) is 0.618. The van der Waals surface area contributed by atoms with Gasteiger partial charge in [-0.15, -0.1) is 0 Å². The van der Waals surface area contributed by atoms with E-state index in [2.05, 4.69) is 5.32 Å². The number of likely N-dealkylation sites (N-methyl/N-ethyl adjacent to an activating group) is 2. The van der Waals surface area contributed by atoms with Crippen LogP contribution in [-0.2, 0) is 12.7 Å². The summed E-state index contributed by atoms with van der Waals surface area (Å²) in [4.78, 5) is 12.4. The minimum atomic E-state index is -4.45. The highest BCUT2D eigenvalue weighted by Gasteiger charge is 2.33. The summed E-state index contributed by atoms with van der Waals surface area (Å²) in [5.74, 6) is 0. The number of carbonyl (C=O) groups is 1. The molecule has 0 spiro atoms. The Hall–Kier alpha value is -1.40. The molecule has 1 aromatic carbocycles. The zero-order chi connectivity index (χ0) is 15.2. The van der Waals surface area contributed by atoms with Crippen molar-refractivity contribution in [3.63, 3.8) is 0 Å². The van der Waals surface area contributed by atoms with Gasteiger partial charge in [0.25, 0.3) is 0 Å². The Morgan fingerprint density at radius 2 is 2.05 bits per heavy atom. The molecule has 0 aliphatic carbocycles. The Kier molecular flexibility index (Phi) is 6.16. The summed E-state index contributed by atoms with van der Waals surface area (Å²) in [6, 6.07) is 3.69. The van der Waals surface area contributed by atoms with Crippen LogP contribution >= 0.6 is 0 Å². The van der Waals surface area contributed by atoms with Crippen LogP contribution in [0.25, 0.3) is 0 Å². The Balaban J connectivity index is 2.86. The van der Waals surface area contributed by atoms with Gasteiger partial charge in [0.15, 0.2) is 0 Å². The zero-order valence-electron chi connectivity index (χ0n) is 11.6. The van der Waals surface area contributed by atoms with Crippen molar-refractivity contribution in [3.8, 4) is 0 Å². The maximum Gasteiger partial charge on any atom is 0.416 e. The Labute approximate surface area is 116 Å². The van der Waals surface area contributed by atoms with Crippen molar-refractivity contribution in [1.29, 1.82) is 0 Å². The molecule has 20 heavy (non-hydrogen) atoms. The molecule has 3 nitrogen and oxygen atoms in total. The summed E-state index contributed by atoms with van der Waals surface area (Å²) >= 11 is 0. The third-order valence-corrected chi connectivity index (χ3v) is 2.94. The third kappa shape index (κ3) is 4.94. The molecule has 112 valence electrons. The number of aldehydes is 1. The van der Waals surface area contributed by atoms with Crippen molar-refractivity contribution in [2.24, 2.45) is 0 Å². The number of hydrogen-bond donors (Lipinski definition) is 1. The van der Waals surface area contributed by atoms with Crippen LogP contribution in [-0.4, -0.2) is 37.9 Å². The van der Waals surface area contributed by atoms with Gasteiger partial charge in [0.1, 0.15) is 6.29 Å². The molecule has 0 bridgehead atoms. The first-order valence-corrected chi connectivity index (χ1v) is 6.43. The van der Waals surface area contributed by atoms with E-state index in [1.165, 1.54) is 12.1 Å². The van der Waals surface area contributed by atoms with E-state index in [-0.39, 0.29) is 17.7 Å². The Bertz CT molecular complexity index is 447. The van der Waals surface area contributed by atoms with E-state index in [1.54, 1.807) is 7.05 Å². The lowest BCUT2D eigenvalue weighted by atomic mass is 10.0. The zero-order valence-corrected chi connectivity index (χ0v) is 11.6. The third-order valence-electron chi connectivity index (χ3n) is 2.94. The van der Waals surface area contributed by atoms with E-state index in [0.717, 1.165) is 19.2 Å². The monoisotopic (exact) mass is 288 g/mol. The van der Waals surface area contributed by atoms with E-state index >= 15 is 0 Å². The second-order valence-corrected chi connectivity index (χ2v) is 4.62. The van der Waals surface area contributed by atoms with Gasteiger partial charge in [-0.05, 0) is 25.2 Å². The van der Waals surface area contributed by atoms with E-state index in [0.29, 0.717) is 12.8 Å². The maximum atomic E-state index is 13.0. The second-order valence-electron chi connectivity index (χ2n) is 4.62. The van der Waals surface area contributed by atoms with Gasteiger partial charge in [-0.25, -0.2) is 0 Å². The summed E-state index contributed by atoms with van der Waals surface area (Å²) in [5, 5.41) is 3.12. The molecule has 0 atom stereocenters. The number of benzene rings is 1. The van der Waals surface area contributed by atoms with Crippen molar-refractivity contribution >= 4 is 6.29 Å². The van der Waals surface area contributed by atoms with Crippen LogP contribution in [0.4, 0.5) is 13.2 Å². The van der Waals surface area contributed by atoms with E-state index in [1.807, 2.05) is 11.8 Å². The molecule has 0 saturated carbocycles. The summed E-state index contributed by atoms with van der Waals surface area (Å²) in [5.41, 5.74) is -0.518. The molecule has 0 fully saturated rings. The van der Waals surface area contributed by atoms with Gasteiger partial charge in [-0.3, -0.25) is 4.79 Å². The summed E-state index contributed by atoms with van der Waals surface area (Å²) < 4.78 is 38.9. The first-order chi connectivity index (χ1) is 9.38. The molecule has 0 aromatic heterocycles. The van der Waals surface area contributed by atoms with Crippen LogP contribution in [0.3, 0.4) is 0 Å². The van der Waals surface area contributed by atoms with Crippen LogP contribution in [0.5, 0.6) is 0 Å². The minimum absolute atomic E-state index is 0.0383. The highest BCUT2D eigenvalue weighted by molar-refractivity contribution is 5.75. The second kappa shape index (κ2) is 7.40. The lowest BCUT2D eigenvalue weighted by molar-refractivity contribution is -0.138. The van der Waals surface area contributed by atoms with Crippen LogP contribution in [0.1, 0.15) is 28.4 Å². The lowest BCUT2D eigenvalue weighted by Gasteiger charge is -2.20. The van der Waals surface area contributed by atoms with Crippen LogP contribution in [0.15, 0.2) is 18.2 Å². The maximum absolute atomic E-state index is 13.0. The standard InChI is InChI=1S/C14H19F3N2O/c1-3-18-6-7-19(2)9-12-5-4-11(10-20)8-13(12)14(15,16)17/h4-5,8,10,18H,3,6-7,9H2,1-2H3. The van der Waals surface area contributed by atoms with Gasteiger partial charge >= 0.3 is 6.18 Å². The molecule has 1 rings (SSSR count). The fraction of sp³-hybridized carbons (Fsp3) is 0.500. The number of rotatable bonds is 7. The fourth-order valence-electron chi connectivity index (χ4n) is 1.89. The normalized spacial score (nSPS) is 11.9. The van der Waals surface area contributed by atoms with E-state index in [9.17, 15) is 18.0 Å². The average Bonchev–Trinajstić information content (AvgIpc) is 2.38. The molecule has 0 saturated heterocycles. The SMILES string of the molecule is CCNCCN(C)Cc1ccc(C=O)cc1C(F)(F)F. The van der Waals surface area contributed by atoms with Crippen molar-refractivity contribution < 1.29 is 18.0 Å². The van der Waals surface area contributed by atoms with Gasteiger partial charge in [0, 0.05) is 25.2 Å². The largest absolute Gasteiger partial charge is 0.416 e. The Morgan fingerprint density at radius 1 is 1.35 bits per heavy atom. The van der Waals surface area contributed by atoms with E-state index < -0.39 is 11.7 Å². The molecule has 0 radical (unpaired) electrons. The van der Waals surface area contributed by atoms with Gasteiger partial charge in [0.2, 0.25) is 0 Å². The average molecular weight is 288 g/mol. The predicted molar refractivity (Wildman–Crippen MR) is 71.7 cm³/mol. The highest BCUT2D eigenvalue weighted by Crippen LogP contribution is 2.33. The molecule has 0 unspecified atom stereocenters. The molecule has 1 N–H and O–H groups in total. The van der Waals surface area contributed by atoms with Crippen molar-refractivity contribution in [2.75, 3.05) is 26.7 Å². The minimum Gasteiger partial charge on any atom is -0.316 e. The molecular formula is C14H19F3N2O. The van der Waals surface area contributed by atoms with Gasteiger partial charge in [0.05, 0.1) is 5.56 Å². The van der Waals surface area contributed by atoms with Crippen molar-refractivity contribution in [3.05, 3.63) is 34.9 Å². The summed E-state index contributed by atoms with van der Waals surface area (Å²) in [7, 11) is 1.77. The molecule has 0 amide bonds. The van der Waals surface area contributed by atoms with Gasteiger partial charge in [-0.1, -0.05) is 19.1 Å². The van der Waals surface area contributed by atoms with Gasteiger partial charge < -0.3 is 10.2 Å². The van der Waals surface area contributed by atoms with Crippen LogP contribution < -0.4 is 5.32 Å². The number of alkyl halides is 3.